The van der Waals surface area contributed by atoms with Crippen molar-refractivity contribution >= 4 is 16.8 Å². The van der Waals surface area contributed by atoms with Crippen LogP contribution < -0.4 is 4.57 Å². The molecule has 0 saturated carbocycles. The number of hydrogen-bond acceptors (Lipinski definition) is 1. The highest BCUT2D eigenvalue weighted by Crippen LogP contribution is 2.45. The van der Waals surface area contributed by atoms with E-state index in [1.165, 1.54) is 78.5 Å². The normalized spacial score (nSPS) is 17.0. The van der Waals surface area contributed by atoms with Gasteiger partial charge in [-0.25, -0.2) is 0 Å². The van der Waals surface area contributed by atoms with Gasteiger partial charge in [0.05, 0.1) is 0 Å². The summed E-state index contributed by atoms with van der Waals surface area (Å²) in [5, 5.41) is 0. The van der Waals surface area contributed by atoms with Crippen LogP contribution in [0.2, 0.25) is 0 Å². The number of benzene rings is 4. The summed E-state index contributed by atoms with van der Waals surface area (Å²) in [7, 11) is 4.50. The van der Waals surface area contributed by atoms with Crippen LogP contribution in [-0.2, 0) is 13.5 Å². The molecule has 240 valence electrons. The molecular formula is C47H43N2+. The molecule has 8 rings (SSSR count). The number of likely N-dealkylation sites (N-methyl/N-ethyl adjacent to an activating group) is 1. The lowest BCUT2D eigenvalue weighted by molar-refractivity contribution is -0.663. The van der Waals surface area contributed by atoms with Crippen LogP contribution in [0.25, 0.3) is 39.2 Å². The summed E-state index contributed by atoms with van der Waals surface area (Å²) in [5.74, 6) is 0. The molecule has 1 aliphatic heterocycles. The van der Waals surface area contributed by atoms with Crippen molar-refractivity contribution in [3.63, 3.8) is 0 Å². The summed E-state index contributed by atoms with van der Waals surface area (Å²) in [6.07, 6.45) is 16.2. The molecule has 5 aromatic rings. The quantitative estimate of drug-likeness (QED) is 0.168. The Hall–Kier alpha value is -5.47. The molecule has 0 atom stereocenters. The van der Waals surface area contributed by atoms with Gasteiger partial charge in [-0.1, -0.05) is 127 Å². The average Bonchev–Trinajstić information content (AvgIpc) is 3.16. The van der Waals surface area contributed by atoms with Gasteiger partial charge in [0.25, 0.3) is 0 Å². The number of hydrogen-bond donors (Lipinski definition) is 0. The van der Waals surface area contributed by atoms with E-state index in [1.54, 1.807) is 0 Å². The maximum atomic E-state index is 2.44. The van der Waals surface area contributed by atoms with E-state index in [1.807, 2.05) is 0 Å². The molecule has 0 radical (unpaired) electrons. The van der Waals surface area contributed by atoms with Crippen LogP contribution >= 0.6 is 0 Å². The zero-order chi connectivity index (χ0) is 33.2. The highest BCUT2D eigenvalue weighted by atomic mass is 15.1. The van der Waals surface area contributed by atoms with Crippen LogP contribution in [0.1, 0.15) is 54.5 Å². The summed E-state index contributed by atoms with van der Waals surface area (Å²) in [5.41, 5.74) is 18.8. The molecule has 3 aliphatic rings. The molecule has 0 saturated heterocycles. The first kappa shape index (κ1) is 30.8. The first-order valence-corrected chi connectivity index (χ1v) is 17.7. The minimum atomic E-state index is 1.08. The Kier molecular flexibility index (Phi) is 8.54. The van der Waals surface area contributed by atoms with Gasteiger partial charge in [0.1, 0.15) is 7.05 Å². The summed E-state index contributed by atoms with van der Waals surface area (Å²) in [4.78, 5) is 2.44. The largest absolute Gasteiger partial charge is 0.344 e. The molecular weight excluding hydrogens is 593 g/mol. The van der Waals surface area contributed by atoms with E-state index in [0.717, 1.165) is 38.5 Å². The van der Waals surface area contributed by atoms with Gasteiger partial charge in [-0.3, -0.25) is 0 Å². The maximum Gasteiger partial charge on any atom is 0.213 e. The molecule has 49 heavy (non-hydrogen) atoms. The van der Waals surface area contributed by atoms with E-state index < -0.39 is 0 Å². The minimum absolute atomic E-state index is 1.08. The van der Waals surface area contributed by atoms with Gasteiger partial charge in [-0.2, -0.15) is 4.57 Å². The Morgan fingerprint density at radius 2 is 1.22 bits per heavy atom. The van der Waals surface area contributed by atoms with E-state index in [0.29, 0.717) is 0 Å². The molecule has 1 aromatic heterocycles. The lowest BCUT2D eigenvalue weighted by atomic mass is 9.82. The molecule has 0 unspecified atom stereocenters. The van der Waals surface area contributed by atoms with Gasteiger partial charge < -0.3 is 4.90 Å². The number of aromatic nitrogens is 1. The van der Waals surface area contributed by atoms with Crippen molar-refractivity contribution < 1.29 is 4.57 Å². The molecule has 2 heterocycles. The summed E-state index contributed by atoms with van der Waals surface area (Å²) < 4.78 is 2.44. The molecule has 2 heteroatoms. The van der Waals surface area contributed by atoms with Crippen LogP contribution in [0.5, 0.6) is 0 Å². The molecule has 0 spiro atoms. The van der Waals surface area contributed by atoms with Gasteiger partial charge in [0.2, 0.25) is 11.4 Å². The van der Waals surface area contributed by atoms with E-state index in [9.17, 15) is 0 Å². The predicted octanol–water partition coefficient (Wildman–Crippen LogP) is 11.0. The number of allylic oxidation sites excluding steroid dienone is 8. The van der Waals surface area contributed by atoms with E-state index in [-0.39, 0.29) is 0 Å². The van der Waals surface area contributed by atoms with E-state index in [2.05, 4.69) is 175 Å². The van der Waals surface area contributed by atoms with E-state index >= 15 is 0 Å². The van der Waals surface area contributed by atoms with Crippen molar-refractivity contribution in [2.45, 2.75) is 38.5 Å². The maximum absolute atomic E-state index is 2.44. The van der Waals surface area contributed by atoms with Crippen LogP contribution in [0.3, 0.4) is 0 Å². The Balaban J connectivity index is 1.24. The summed E-state index contributed by atoms with van der Waals surface area (Å²) in [6.45, 7) is 0. The smallest absolute Gasteiger partial charge is 0.213 e. The standard InChI is InChI=1S/C47H43N2/c1-48-44(36-22-11-5-12-23-36)32-42(34-18-7-3-8-19-34)40-30-16-28-38(46(40)48)26-15-27-39-29-17-31-41-43(35-20-9-4-10-21-35)33-45(49(2)47(39)41)37-24-13-6-14-25-37/h3-15,18-27,32-33H,16-17,28-31H2,1-2H3/q+1. The fraction of sp³-hybridized carbons (Fsp3) is 0.170. The summed E-state index contributed by atoms with van der Waals surface area (Å²) in [6, 6.07) is 46.0. The lowest BCUT2D eigenvalue weighted by Crippen LogP contribution is -2.38. The molecule has 2 nitrogen and oxygen atoms in total. The molecule has 0 amide bonds. The molecule has 0 N–H and O–H groups in total. The van der Waals surface area contributed by atoms with Crippen molar-refractivity contribution in [2.24, 2.45) is 7.05 Å². The van der Waals surface area contributed by atoms with Crippen molar-refractivity contribution in [1.82, 2.24) is 4.90 Å². The lowest BCUT2D eigenvalue weighted by Gasteiger charge is -2.37. The van der Waals surface area contributed by atoms with Gasteiger partial charge in [0.15, 0.2) is 0 Å². The monoisotopic (exact) mass is 635 g/mol. The Bertz CT molecular complexity index is 2150. The first-order chi connectivity index (χ1) is 24.2. The van der Waals surface area contributed by atoms with Crippen LogP contribution in [0.4, 0.5) is 0 Å². The third kappa shape index (κ3) is 5.93. The SMILES string of the molecule is CN1C(c2ccccc2)=CC(c2ccccc2)=C2CCCC(/C=C/C=C3\CCCc4c(-c5ccccc5)cc(-c5ccccc5)[n+](C)c43)=C21. The summed E-state index contributed by atoms with van der Waals surface area (Å²) >= 11 is 0. The van der Waals surface area contributed by atoms with Gasteiger partial charge in [0, 0.05) is 41.2 Å². The molecule has 4 aromatic carbocycles. The molecule has 0 bridgehead atoms. The van der Waals surface area contributed by atoms with Crippen LogP contribution in [0.15, 0.2) is 169 Å². The number of nitrogens with zero attached hydrogens (tertiary/aromatic N) is 2. The second-order valence-corrected chi connectivity index (χ2v) is 13.4. The molecule has 0 fully saturated rings. The third-order valence-corrected chi connectivity index (χ3v) is 10.4. The van der Waals surface area contributed by atoms with Crippen molar-refractivity contribution in [3.8, 4) is 22.4 Å². The van der Waals surface area contributed by atoms with Gasteiger partial charge in [-0.05, 0) is 95.7 Å². The van der Waals surface area contributed by atoms with Gasteiger partial charge >= 0.3 is 0 Å². The van der Waals surface area contributed by atoms with Gasteiger partial charge in [-0.15, -0.1) is 0 Å². The minimum Gasteiger partial charge on any atom is -0.344 e. The third-order valence-electron chi connectivity index (χ3n) is 10.4. The second kappa shape index (κ2) is 13.6. The van der Waals surface area contributed by atoms with E-state index in [4.69, 9.17) is 0 Å². The number of fused-ring (bicyclic) bond motifs is 2. The fourth-order valence-corrected chi connectivity index (χ4v) is 8.14. The zero-order valence-corrected chi connectivity index (χ0v) is 28.6. The topological polar surface area (TPSA) is 7.12 Å². The second-order valence-electron chi connectivity index (χ2n) is 13.4. The highest BCUT2D eigenvalue weighted by Gasteiger charge is 2.31. The Labute approximate surface area is 291 Å². The Morgan fingerprint density at radius 3 is 1.90 bits per heavy atom. The highest BCUT2D eigenvalue weighted by molar-refractivity contribution is 5.91. The van der Waals surface area contributed by atoms with Crippen molar-refractivity contribution in [3.05, 3.63) is 191 Å². The number of pyridine rings is 1. The molecule has 2 aliphatic carbocycles. The van der Waals surface area contributed by atoms with Crippen molar-refractivity contribution in [2.75, 3.05) is 7.05 Å². The number of rotatable bonds is 6. The van der Waals surface area contributed by atoms with Crippen LogP contribution in [0, 0.1) is 0 Å². The van der Waals surface area contributed by atoms with Crippen molar-refractivity contribution in [1.29, 1.82) is 0 Å². The first-order valence-electron chi connectivity index (χ1n) is 17.7. The predicted molar refractivity (Wildman–Crippen MR) is 205 cm³/mol. The average molecular weight is 636 g/mol. The van der Waals surface area contributed by atoms with Crippen LogP contribution in [-0.4, -0.2) is 11.9 Å². The fourth-order valence-electron chi connectivity index (χ4n) is 8.14. The Morgan fingerprint density at radius 1 is 0.633 bits per heavy atom. The zero-order valence-electron chi connectivity index (χ0n) is 28.6.